The summed E-state index contributed by atoms with van der Waals surface area (Å²) in [7, 11) is 0. The first kappa shape index (κ1) is 38.0. The summed E-state index contributed by atoms with van der Waals surface area (Å²) in [5, 5.41) is 0. The molecule has 5 nitrogen and oxygen atoms in total. The van der Waals surface area contributed by atoms with Crippen LogP contribution in [0.15, 0.2) is 224 Å². The van der Waals surface area contributed by atoms with Crippen molar-refractivity contribution in [2.24, 2.45) is 0 Å². The van der Waals surface area contributed by atoms with E-state index >= 15 is 0 Å². The fraction of sp³-hybridized carbons (Fsp3) is 0.0500. The summed E-state index contributed by atoms with van der Waals surface area (Å²) in [6, 6.07) is 66.0. The smallest absolute Gasteiger partial charge is 0.252 e. The second kappa shape index (κ2) is 15.6. The van der Waals surface area contributed by atoms with Crippen LogP contribution in [-0.4, -0.2) is 20.7 Å². The van der Waals surface area contributed by atoms with Gasteiger partial charge in [0, 0.05) is 50.8 Å². The number of benzene rings is 7. The Morgan fingerprint density at radius 2 is 1.12 bits per heavy atom. The SMILES string of the molecule is C1#CCC(N2c3ccccc3B3c4ccccc4N(c4ccccc4)c4cc(-n5c(C6=CCCC=C6)c(-c6ccccc6)n6c(-c7ccccc7)c(-c7ccccc7)nc56)cc2c43)=CC=C1. The lowest BCUT2D eigenvalue weighted by molar-refractivity contribution is 1.02. The number of nitrogens with zero attached hydrogens (tertiary/aromatic N) is 5. The summed E-state index contributed by atoms with van der Waals surface area (Å²) in [6.45, 7) is -0.00511. The predicted octanol–water partition coefficient (Wildman–Crippen LogP) is 12.5. The van der Waals surface area contributed by atoms with Gasteiger partial charge in [-0.25, -0.2) is 4.98 Å². The number of para-hydroxylation sites is 3. The Morgan fingerprint density at radius 1 is 0.530 bits per heavy atom. The van der Waals surface area contributed by atoms with Gasteiger partial charge in [-0.2, -0.15) is 0 Å². The number of fused-ring (bicyclic) bond motifs is 5. The highest BCUT2D eigenvalue weighted by Crippen LogP contribution is 2.47. The van der Waals surface area contributed by atoms with E-state index in [0.717, 1.165) is 86.5 Å². The Labute approximate surface area is 385 Å². The Hall–Kier alpha value is -8.53. The molecule has 0 unspecified atom stereocenters. The number of hydrogen-bond donors (Lipinski definition) is 0. The maximum Gasteiger partial charge on any atom is 0.252 e. The summed E-state index contributed by atoms with van der Waals surface area (Å²) in [5.41, 5.74) is 20.4. The molecule has 310 valence electrons. The number of imidazole rings is 2. The number of allylic oxidation sites excluding steroid dienone is 8. The van der Waals surface area contributed by atoms with Crippen molar-refractivity contribution in [2.45, 2.75) is 19.3 Å². The van der Waals surface area contributed by atoms with E-state index in [9.17, 15) is 0 Å². The van der Waals surface area contributed by atoms with Gasteiger partial charge in [-0.05, 0) is 83.4 Å². The van der Waals surface area contributed by atoms with Crippen molar-refractivity contribution in [3.63, 3.8) is 0 Å². The molecule has 4 aliphatic rings. The minimum Gasteiger partial charge on any atom is -0.314 e. The van der Waals surface area contributed by atoms with Crippen LogP contribution in [0.3, 0.4) is 0 Å². The van der Waals surface area contributed by atoms with Crippen molar-refractivity contribution in [1.82, 2.24) is 14.0 Å². The first-order chi connectivity index (χ1) is 32.8. The van der Waals surface area contributed by atoms with E-state index in [1.807, 2.05) is 6.08 Å². The van der Waals surface area contributed by atoms with Crippen LogP contribution in [0.2, 0.25) is 0 Å². The first-order valence-corrected chi connectivity index (χ1v) is 22.9. The molecule has 0 saturated heterocycles. The van der Waals surface area contributed by atoms with Crippen LogP contribution < -0.4 is 26.2 Å². The molecule has 13 rings (SSSR count). The van der Waals surface area contributed by atoms with Gasteiger partial charge in [-0.1, -0.05) is 182 Å². The van der Waals surface area contributed by atoms with E-state index in [1.54, 1.807) is 0 Å². The van der Waals surface area contributed by atoms with Gasteiger partial charge in [-0.3, -0.25) is 8.97 Å². The molecule has 0 saturated carbocycles. The molecule has 2 aliphatic heterocycles. The molecule has 0 spiro atoms. The Morgan fingerprint density at radius 3 is 1.79 bits per heavy atom. The van der Waals surface area contributed by atoms with Crippen LogP contribution in [0, 0.1) is 11.8 Å². The van der Waals surface area contributed by atoms with Crippen molar-refractivity contribution < 1.29 is 0 Å². The third-order valence-electron chi connectivity index (χ3n) is 13.4. The van der Waals surface area contributed by atoms with Gasteiger partial charge < -0.3 is 9.80 Å². The molecule has 0 bridgehead atoms. The molecular formula is C60H42BN5. The van der Waals surface area contributed by atoms with E-state index in [4.69, 9.17) is 4.98 Å². The van der Waals surface area contributed by atoms with Crippen molar-refractivity contribution in [1.29, 1.82) is 0 Å². The zero-order valence-corrected chi connectivity index (χ0v) is 36.2. The molecule has 0 atom stereocenters. The van der Waals surface area contributed by atoms with Crippen molar-refractivity contribution in [2.75, 3.05) is 9.80 Å². The van der Waals surface area contributed by atoms with Crippen molar-refractivity contribution >= 4 is 62.9 Å². The van der Waals surface area contributed by atoms with Gasteiger partial charge in [-0.15, -0.1) is 0 Å². The van der Waals surface area contributed by atoms with Gasteiger partial charge in [0.05, 0.1) is 34.9 Å². The van der Waals surface area contributed by atoms with E-state index in [-0.39, 0.29) is 6.71 Å². The topological polar surface area (TPSA) is 28.7 Å². The summed E-state index contributed by atoms with van der Waals surface area (Å²) in [6.07, 6.45) is 15.9. The van der Waals surface area contributed by atoms with Gasteiger partial charge in [0.15, 0.2) is 0 Å². The monoisotopic (exact) mass is 843 g/mol. The van der Waals surface area contributed by atoms with Gasteiger partial charge in [0.25, 0.3) is 6.71 Å². The average Bonchev–Trinajstić information content (AvgIpc) is 3.79. The molecule has 0 radical (unpaired) electrons. The Bertz CT molecular complexity index is 3570. The lowest BCUT2D eigenvalue weighted by atomic mass is 9.33. The maximum absolute atomic E-state index is 5.81. The average molecular weight is 844 g/mol. The largest absolute Gasteiger partial charge is 0.314 e. The zero-order valence-electron chi connectivity index (χ0n) is 36.2. The molecule has 0 N–H and O–H groups in total. The number of hydrogen-bond acceptors (Lipinski definition) is 3. The molecule has 6 heteroatoms. The molecule has 2 aromatic heterocycles. The molecule has 66 heavy (non-hydrogen) atoms. The van der Waals surface area contributed by atoms with Crippen LogP contribution in [-0.2, 0) is 0 Å². The highest BCUT2D eigenvalue weighted by Gasteiger charge is 2.44. The number of anilines is 5. The third-order valence-corrected chi connectivity index (χ3v) is 13.4. The van der Waals surface area contributed by atoms with Gasteiger partial charge >= 0.3 is 0 Å². The molecule has 2 aliphatic carbocycles. The number of rotatable bonds is 7. The normalized spacial score (nSPS) is 14.5. The summed E-state index contributed by atoms with van der Waals surface area (Å²) >= 11 is 0. The minimum absolute atomic E-state index is 0.00511. The first-order valence-electron chi connectivity index (χ1n) is 22.9. The van der Waals surface area contributed by atoms with E-state index in [1.165, 1.54) is 33.3 Å². The molecule has 4 heterocycles. The van der Waals surface area contributed by atoms with Crippen molar-refractivity contribution in [3.8, 4) is 51.3 Å². The standard InChI is InChI=1S/C60H42BN5/c1-2-17-33-46(32-16-1)63-51-38-22-20-36-49(51)61-50-37-21-23-39-52(50)64(47-34-18-7-19-35-47)54-41-48(40-53(63)55(54)61)65-58(44-28-12-5-13-29-44)59(45-30-14-6-15-31-45)66-57(43-26-10-4-11-27-43)56(62-60(65)66)42-24-8-3-9-25-42/h1,3-4,6-12,14-16,18-32,34-41H,5,13,33H2. The van der Waals surface area contributed by atoms with Crippen molar-refractivity contribution in [3.05, 3.63) is 230 Å². The predicted molar refractivity (Wildman–Crippen MR) is 275 cm³/mol. The Kier molecular flexibility index (Phi) is 8.99. The second-order valence-corrected chi connectivity index (χ2v) is 17.2. The summed E-state index contributed by atoms with van der Waals surface area (Å²) < 4.78 is 4.89. The fourth-order valence-electron chi connectivity index (χ4n) is 10.7. The Balaban J connectivity index is 1.21. The molecular weight excluding hydrogens is 802 g/mol. The highest BCUT2D eigenvalue weighted by molar-refractivity contribution is 7.00. The summed E-state index contributed by atoms with van der Waals surface area (Å²) in [4.78, 5) is 10.8. The quantitative estimate of drug-likeness (QED) is 0.118. The molecule has 9 aromatic rings. The van der Waals surface area contributed by atoms with E-state index in [2.05, 4.69) is 243 Å². The third kappa shape index (κ3) is 5.94. The lowest BCUT2D eigenvalue weighted by Crippen LogP contribution is -2.61. The fourth-order valence-corrected chi connectivity index (χ4v) is 10.7. The zero-order chi connectivity index (χ0) is 43.6. The maximum atomic E-state index is 5.81. The second-order valence-electron chi connectivity index (χ2n) is 17.2. The van der Waals surface area contributed by atoms with E-state index < -0.39 is 0 Å². The van der Waals surface area contributed by atoms with Gasteiger partial charge in [0.2, 0.25) is 5.78 Å². The summed E-state index contributed by atoms with van der Waals surface area (Å²) in [5.74, 6) is 7.56. The lowest BCUT2D eigenvalue weighted by Gasteiger charge is -2.44. The highest BCUT2D eigenvalue weighted by atomic mass is 15.2. The van der Waals surface area contributed by atoms with E-state index in [0.29, 0.717) is 6.42 Å². The van der Waals surface area contributed by atoms with Gasteiger partial charge in [0.1, 0.15) is 0 Å². The minimum atomic E-state index is -0.00511. The van der Waals surface area contributed by atoms with Crippen LogP contribution in [0.5, 0.6) is 0 Å². The molecule has 0 amide bonds. The van der Waals surface area contributed by atoms with Crippen LogP contribution in [0.4, 0.5) is 28.4 Å². The number of aromatic nitrogens is 3. The molecule has 0 fully saturated rings. The van der Waals surface area contributed by atoms with Crippen LogP contribution in [0.25, 0.3) is 50.8 Å². The molecule has 7 aromatic carbocycles. The van der Waals surface area contributed by atoms with Crippen LogP contribution >= 0.6 is 0 Å². The van der Waals surface area contributed by atoms with Crippen LogP contribution in [0.1, 0.15) is 25.0 Å².